The number of benzene rings is 1. The summed E-state index contributed by atoms with van der Waals surface area (Å²) in [5, 5.41) is 17.0. The third kappa shape index (κ3) is 3.52. The van der Waals surface area contributed by atoms with Gasteiger partial charge in [0.05, 0.1) is 11.6 Å². The molecule has 4 nitrogen and oxygen atoms in total. The van der Waals surface area contributed by atoms with Crippen LogP contribution in [-0.2, 0) is 4.79 Å². The van der Waals surface area contributed by atoms with E-state index in [9.17, 15) is 18.0 Å². The number of nitrogens with zero attached hydrogens (tertiary/aromatic N) is 1. The largest absolute Gasteiger partial charge is 0.478 e. The molecule has 0 unspecified atom stereocenters. The van der Waals surface area contributed by atoms with Crippen molar-refractivity contribution in [1.29, 1.82) is 5.26 Å². The van der Waals surface area contributed by atoms with Crippen molar-refractivity contribution >= 4 is 12.0 Å². The highest BCUT2D eigenvalue weighted by Crippen LogP contribution is 2.27. The molecule has 0 saturated heterocycles. The number of aliphatic carboxylic acids is 1. The summed E-state index contributed by atoms with van der Waals surface area (Å²) in [6.07, 6.45) is 1.48. The van der Waals surface area contributed by atoms with E-state index in [2.05, 4.69) is 4.74 Å². The first-order valence-electron chi connectivity index (χ1n) is 4.53. The second kappa shape index (κ2) is 5.72. The number of carbonyl (C=O) groups is 1. The van der Waals surface area contributed by atoms with E-state index in [0.29, 0.717) is 6.08 Å². The fourth-order valence-corrected chi connectivity index (χ4v) is 1.18. The summed E-state index contributed by atoms with van der Waals surface area (Å²) in [7, 11) is 0. The van der Waals surface area contributed by atoms with E-state index in [0.717, 1.165) is 18.2 Å². The molecule has 0 radical (unpaired) electrons. The van der Waals surface area contributed by atoms with Gasteiger partial charge in [-0.25, -0.2) is 9.18 Å². The molecule has 94 valence electrons. The van der Waals surface area contributed by atoms with Crippen molar-refractivity contribution in [3.05, 3.63) is 35.2 Å². The molecule has 0 spiro atoms. The molecule has 0 bridgehead atoms. The molecule has 0 aromatic heterocycles. The van der Waals surface area contributed by atoms with Gasteiger partial charge in [-0.05, 0) is 18.2 Å². The van der Waals surface area contributed by atoms with E-state index in [1.807, 2.05) is 0 Å². The van der Waals surface area contributed by atoms with E-state index in [1.54, 1.807) is 6.07 Å². The lowest BCUT2D eigenvalue weighted by Crippen LogP contribution is -2.05. The number of alkyl halides is 2. The first kappa shape index (κ1) is 13.6. The molecule has 0 saturated carbocycles. The molecule has 0 fully saturated rings. The maximum absolute atomic E-state index is 13.4. The van der Waals surface area contributed by atoms with Crippen LogP contribution in [0.25, 0.3) is 6.08 Å². The summed E-state index contributed by atoms with van der Waals surface area (Å²) in [5.41, 5.74) is -0.395. The van der Waals surface area contributed by atoms with Gasteiger partial charge in [0.2, 0.25) is 0 Å². The summed E-state index contributed by atoms with van der Waals surface area (Å²) < 4.78 is 41.5. The maximum atomic E-state index is 13.4. The van der Waals surface area contributed by atoms with Gasteiger partial charge in [0.1, 0.15) is 0 Å². The van der Waals surface area contributed by atoms with Gasteiger partial charge >= 0.3 is 12.6 Å². The molecule has 7 heteroatoms. The number of carboxylic acid groups (broad SMARTS) is 1. The highest BCUT2D eigenvalue weighted by atomic mass is 19.3. The summed E-state index contributed by atoms with van der Waals surface area (Å²) in [4.78, 5) is 10.3. The minimum absolute atomic E-state index is 0.140. The van der Waals surface area contributed by atoms with Gasteiger partial charge in [-0.1, -0.05) is 0 Å². The Hall–Kier alpha value is -2.49. The summed E-state index contributed by atoms with van der Waals surface area (Å²) in [6.45, 7) is -3.26. The molecule has 0 aliphatic carbocycles. The molecule has 18 heavy (non-hydrogen) atoms. The molecule has 1 aromatic carbocycles. The molecule has 0 heterocycles. The topological polar surface area (TPSA) is 70.3 Å². The Labute approximate surface area is 99.5 Å². The number of hydrogen-bond acceptors (Lipinski definition) is 3. The van der Waals surface area contributed by atoms with Crippen molar-refractivity contribution in [1.82, 2.24) is 0 Å². The molecule has 0 atom stereocenters. The number of carboxylic acids is 1. The van der Waals surface area contributed by atoms with Crippen molar-refractivity contribution < 1.29 is 27.8 Å². The average Bonchev–Trinajstić information content (AvgIpc) is 2.29. The highest BCUT2D eigenvalue weighted by Gasteiger charge is 2.15. The van der Waals surface area contributed by atoms with Crippen molar-refractivity contribution in [3.8, 4) is 11.8 Å². The van der Waals surface area contributed by atoms with Gasteiger partial charge in [-0.15, -0.1) is 0 Å². The Kier molecular flexibility index (Phi) is 4.32. The second-order valence-corrected chi connectivity index (χ2v) is 3.04. The highest BCUT2D eigenvalue weighted by molar-refractivity contribution is 5.86. The Balaban J connectivity index is 3.29. The molecular weight excluding hydrogens is 251 g/mol. The second-order valence-electron chi connectivity index (χ2n) is 3.04. The van der Waals surface area contributed by atoms with Crippen LogP contribution in [0.5, 0.6) is 5.75 Å². The SMILES string of the molecule is N#Cc1cc(F)c(OC(F)F)c(/C=C/C(=O)O)c1. The molecule has 0 aliphatic heterocycles. The Morgan fingerprint density at radius 2 is 2.17 bits per heavy atom. The Bertz CT molecular complexity index is 535. The predicted molar refractivity (Wildman–Crippen MR) is 54.4 cm³/mol. The number of nitriles is 1. The van der Waals surface area contributed by atoms with Crippen LogP contribution in [0.3, 0.4) is 0 Å². The van der Waals surface area contributed by atoms with Gasteiger partial charge < -0.3 is 9.84 Å². The fourth-order valence-electron chi connectivity index (χ4n) is 1.18. The van der Waals surface area contributed by atoms with Crippen LogP contribution in [0.1, 0.15) is 11.1 Å². The van der Waals surface area contributed by atoms with Crippen LogP contribution < -0.4 is 4.74 Å². The van der Waals surface area contributed by atoms with Gasteiger partial charge in [0.25, 0.3) is 0 Å². The lowest BCUT2D eigenvalue weighted by molar-refractivity contribution is -0.131. The van der Waals surface area contributed by atoms with Crippen molar-refractivity contribution in [2.75, 3.05) is 0 Å². The summed E-state index contributed by atoms with van der Waals surface area (Å²) in [5.74, 6) is -3.32. The van der Waals surface area contributed by atoms with Crippen molar-refractivity contribution in [2.24, 2.45) is 0 Å². The minimum atomic E-state index is -3.26. The van der Waals surface area contributed by atoms with Crippen molar-refractivity contribution in [3.63, 3.8) is 0 Å². The van der Waals surface area contributed by atoms with Gasteiger partial charge in [0, 0.05) is 11.6 Å². The normalized spacial score (nSPS) is 10.6. The van der Waals surface area contributed by atoms with Crippen LogP contribution in [0.15, 0.2) is 18.2 Å². The van der Waals surface area contributed by atoms with Crippen LogP contribution in [0.2, 0.25) is 0 Å². The van der Waals surface area contributed by atoms with Crippen LogP contribution >= 0.6 is 0 Å². The standard InChI is InChI=1S/C11H6F3NO3/c12-8-4-6(5-15)3-7(1-2-9(16)17)10(8)18-11(13)14/h1-4,11H,(H,16,17)/b2-1+. The fraction of sp³-hybridized carbons (Fsp3) is 0.0909. The van der Waals surface area contributed by atoms with E-state index >= 15 is 0 Å². The van der Waals surface area contributed by atoms with E-state index in [1.165, 1.54) is 0 Å². The summed E-state index contributed by atoms with van der Waals surface area (Å²) >= 11 is 0. The third-order valence-electron chi connectivity index (χ3n) is 1.81. The molecule has 1 aromatic rings. The molecule has 1 rings (SSSR count). The first-order valence-corrected chi connectivity index (χ1v) is 4.53. The number of hydrogen-bond donors (Lipinski definition) is 1. The molecular formula is C11H6F3NO3. The zero-order valence-electron chi connectivity index (χ0n) is 8.73. The van der Waals surface area contributed by atoms with Crippen LogP contribution in [-0.4, -0.2) is 17.7 Å². The summed E-state index contributed by atoms with van der Waals surface area (Å²) in [6, 6.07) is 3.37. The molecule has 0 aliphatic rings. The van der Waals surface area contributed by atoms with Gasteiger partial charge in [-0.3, -0.25) is 0 Å². The average molecular weight is 257 g/mol. The Morgan fingerprint density at radius 1 is 1.50 bits per heavy atom. The minimum Gasteiger partial charge on any atom is -0.478 e. The maximum Gasteiger partial charge on any atom is 0.387 e. The van der Waals surface area contributed by atoms with Crippen LogP contribution in [0.4, 0.5) is 13.2 Å². The Morgan fingerprint density at radius 3 is 2.67 bits per heavy atom. The molecule has 0 amide bonds. The predicted octanol–water partition coefficient (Wildman–Crippen LogP) is 2.40. The number of rotatable bonds is 4. The van der Waals surface area contributed by atoms with E-state index in [-0.39, 0.29) is 11.1 Å². The third-order valence-corrected chi connectivity index (χ3v) is 1.81. The van der Waals surface area contributed by atoms with Gasteiger partial charge in [-0.2, -0.15) is 14.0 Å². The lowest BCUT2D eigenvalue weighted by atomic mass is 10.1. The number of ether oxygens (including phenoxy) is 1. The zero-order valence-corrected chi connectivity index (χ0v) is 8.73. The zero-order chi connectivity index (χ0) is 13.7. The number of halogens is 3. The first-order chi connectivity index (χ1) is 8.43. The van der Waals surface area contributed by atoms with E-state index in [4.69, 9.17) is 10.4 Å². The smallest absolute Gasteiger partial charge is 0.387 e. The van der Waals surface area contributed by atoms with E-state index < -0.39 is 24.1 Å². The van der Waals surface area contributed by atoms with Crippen LogP contribution in [0, 0.1) is 17.1 Å². The van der Waals surface area contributed by atoms with Gasteiger partial charge in [0.15, 0.2) is 11.6 Å². The molecule has 1 N–H and O–H groups in total. The van der Waals surface area contributed by atoms with Crippen molar-refractivity contribution in [2.45, 2.75) is 6.61 Å². The quantitative estimate of drug-likeness (QED) is 0.841. The lowest BCUT2D eigenvalue weighted by Gasteiger charge is -2.09. The monoisotopic (exact) mass is 257 g/mol.